The number of rotatable bonds is 4. The van der Waals surface area contributed by atoms with Gasteiger partial charge >= 0.3 is 17.8 Å². The Morgan fingerprint density at radius 3 is 2.76 bits per heavy atom. The summed E-state index contributed by atoms with van der Waals surface area (Å²) in [5, 5.41) is 6.13. The molecule has 1 aromatic carbocycles. The van der Waals surface area contributed by atoms with Crippen molar-refractivity contribution in [1.82, 2.24) is 15.1 Å². The van der Waals surface area contributed by atoms with Crippen LogP contribution in [0.25, 0.3) is 10.1 Å². The van der Waals surface area contributed by atoms with Crippen LogP contribution in [0.2, 0.25) is 0 Å². The summed E-state index contributed by atoms with van der Waals surface area (Å²) in [5.41, 5.74) is 1.17. The van der Waals surface area contributed by atoms with E-state index in [1.165, 1.54) is 20.5 Å². The van der Waals surface area contributed by atoms with Gasteiger partial charge in [-0.1, -0.05) is 18.2 Å². The van der Waals surface area contributed by atoms with Gasteiger partial charge in [-0.25, -0.2) is 4.79 Å². The summed E-state index contributed by atoms with van der Waals surface area (Å²) in [6, 6.07) is 7.51. The number of carbonyl (C=O) groups excluding carboxylic acids is 3. The number of fused-ring (bicyclic) bond motifs is 1. The molecule has 2 aromatic rings. The maximum atomic E-state index is 12.4. The van der Waals surface area contributed by atoms with Gasteiger partial charge < -0.3 is 10.2 Å². The Morgan fingerprint density at radius 1 is 1.24 bits per heavy atom. The van der Waals surface area contributed by atoms with Crippen LogP contribution in [0.15, 0.2) is 29.6 Å². The molecule has 0 saturated carbocycles. The minimum Gasteiger partial charge on any atom is -0.335 e. The topological polar surface area (TPSA) is 69.7 Å². The molecule has 1 aliphatic rings. The first kappa shape index (κ1) is 17.4. The average molecular weight is 359 g/mol. The van der Waals surface area contributed by atoms with Crippen LogP contribution in [0.1, 0.15) is 19.4 Å². The molecule has 6 nitrogen and oxygen atoms in total. The fourth-order valence-corrected chi connectivity index (χ4v) is 4.01. The molecule has 0 radical (unpaired) electrons. The summed E-state index contributed by atoms with van der Waals surface area (Å²) in [4.78, 5) is 38.8. The van der Waals surface area contributed by atoms with E-state index >= 15 is 0 Å². The molecule has 3 rings (SSSR count). The molecule has 2 heterocycles. The fourth-order valence-electron chi connectivity index (χ4n) is 3.03. The quantitative estimate of drug-likeness (QED) is 0.851. The first-order valence-electron chi connectivity index (χ1n) is 8.37. The lowest BCUT2D eigenvalue weighted by molar-refractivity contribution is -0.153. The molecule has 0 aliphatic carbocycles. The van der Waals surface area contributed by atoms with Crippen molar-refractivity contribution in [2.45, 2.75) is 26.3 Å². The standard InChI is InChI=1S/C18H21N3O3S/c1-3-20-8-9-21(17(23)16(20)22)18(24)19-12(2)10-13-11-25-15-7-5-4-6-14(13)15/h4-7,11-12H,3,8-10H2,1-2H3,(H,19,24)/t12-/m1/s1. The minimum atomic E-state index is -0.751. The van der Waals surface area contributed by atoms with Crippen LogP contribution in [0, 0.1) is 0 Å². The van der Waals surface area contributed by atoms with Crippen LogP contribution in [0.3, 0.4) is 0 Å². The predicted molar refractivity (Wildman–Crippen MR) is 97.5 cm³/mol. The maximum Gasteiger partial charge on any atom is 0.324 e. The summed E-state index contributed by atoms with van der Waals surface area (Å²) in [7, 11) is 0. The Bertz CT molecular complexity index is 817. The lowest BCUT2D eigenvalue weighted by Crippen LogP contribution is -2.59. The van der Waals surface area contributed by atoms with Gasteiger partial charge in [-0.3, -0.25) is 14.5 Å². The number of hydrogen-bond donors (Lipinski definition) is 1. The van der Waals surface area contributed by atoms with Gasteiger partial charge in [-0.15, -0.1) is 11.3 Å². The average Bonchev–Trinajstić information content (AvgIpc) is 3.00. The zero-order valence-corrected chi connectivity index (χ0v) is 15.1. The Kier molecular flexibility index (Phi) is 5.03. The second-order valence-electron chi connectivity index (χ2n) is 6.15. The number of urea groups is 1. The van der Waals surface area contributed by atoms with E-state index in [9.17, 15) is 14.4 Å². The van der Waals surface area contributed by atoms with Crippen molar-refractivity contribution in [3.05, 3.63) is 35.2 Å². The molecule has 1 fully saturated rings. The van der Waals surface area contributed by atoms with E-state index in [4.69, 9.17) is 0 Å². The summed E-state index contributed by atoms with van der Waals surface area (Å²) >= 11 is 1.68. The highest BCUT2D eigenvalue weighted by atomic mass is 32.1. The number of nitrogens with one attached hydrogen (secondary N) is 1. The Labute approximate surface area is 150 Å². The zero-order valence-electron chi connectivity index (χ0n) is 14.3. The second kappa shape index (κ2) is 7.23. The van der Waals surface area contributed by atoms with Gasteiger partial charge in [-0.05, 0) is 42.7 Å². The number of imide groups is 1. The molecule has 0 bridgehead atoms. The van der Waals surface area contributed by atoms with E-state index in [0.717, 1.165) is 4.90 Å². The molecule has 25 heavy (non-hydrogen) atoms. The van der Waals surface area contributed by atoms with Gasteiger partial charge in [0, 0.05) is 30.4 Å². The molecule has 1 saturated heterocycles. The van der Waals surface area contributed by atoms with Crippen LogP contribution >= 0.6 is 11.3 Å². The largest absolute Gasteiger partial charge is 0.335 e. The lowest BCUT2D eigenvalue weighted by atomic mass is 10.1. The van der Waals surface area contributed by atoms with Gasteiger partial charge in [0.15, 0.2) is 0 Å². The summed E-state index contributed by atoms with van der Waals surface area (Å²) in [6.07, 6.45) is 0.673. The van der Waals surface area contributed by atoms with Gasteiger partial charge in [-0.2, -0.15) is 0 Å². The number of likely N-dealkylation sites (N-methyl/N-ethyl adjacent to an activating group) is 1. The number of benzene rings is 1. The molecule has 0 unspecified atom stereocenters. The molecule has 1 atom stereocenters. The lowest BCUT2D eigenvalue weighted by Gasteiger charge is -2.32. The zero-order chi connectivity index (χ0) is 18.0. The van der Waals surface area contributed by atoms with Crippen LogP contribution in [0.4, 0.5) is 4.79 Å². The number of nitrogens with zero attached hydrogens (tertiary/aromatic N) is 2. The molecular weight excluding hydrogens is 338 g/mol. The van der Waals surface area contributed by atoms with E-state index in [1.54, 1.807) is 11.3 Å². The molecule has 0 spiro atoms. The van der Waals surface area contributed by atoms with Crippen molar-refractivity contribution >= 4 is 39.3 Å². The number of amides is 4. The highest BCUT2D eigenvalue weighted by Crippen LogP contribution is 2.26. The predicted octanol–water partition coefficient (Wildman–Crippen LogP) is 2.23. The van der Waals surface area contributed by atoms with Crippen molar-refractivity contribution < 1.29 is 14.4 Å². The third-order valence-corrected chi connectivity index (χ3v) is 5.41. The fraction of sp³-hybridized carbons (Fsp3) is 0.389. The highest BCUT2D eigenvalue weighted by Gasteiger charge is 2.35. The number of thiophene rings is 1. The van der Waals surface area contributed by atoms with Crippen LogP contribution < -0.4 is 5.32 Å². The van der Waals surface area contributed by atoms with Crippen molar-refractivity contribution in [1.29, 1.82) is 0 Å². The molecule has 4 amide bonds. The normalized spacial score (nSPS) is 16.4. The maximum absolute atomic E-state index is 12.4. The van der Waals surface area contributed by atoms with Crippen LogP contribution in [-0.4, -0.2) is 53.3 Å². The summed E-state index contributed by atoms with van der Waals surface area (Å²) < 4.78 is 1.22. The SMILES string of the molecule is CCN1CCN(C(=O)N[C@H](C)Cc2csc3ccccc23)C(=O)C1=O. The molecular formula is C18H21N3O3S. The minimum absolute atomic E-state index is 0.141. The number of carbonyl (C=O) groups is 3. The van der Waals surface area contributed by atoms with Gasteiger partial charge in [0.05, 0.1) is 0 Å². The number of piperazine rings is 1. The van der Waals surface area contributed by atoms with Gasteiger partial charge in [0.25, 0.3) is 0 Å². The molecule has 1 N–H and O–H groups in total. The van der Waals surface area contributed by atoms with Gasteiger partial charge in [0.2, 0.25) is 0 Å². The third-order valence-electron chi connectivity index (χ3n) is 4.39. The molecule has 1 aliphatic heterocycles. The first-order chi connectivity index (χ1) is 12.0. The second-order valence-corrected chi connectivity index (χ2v) is 7.06. The van der Waals surface area contributed by atoms with Crippen molar-refractivity contribution in [3.63, 3.8) is 0 Å². The monoisotopic (exact) mass is 359 g/mol. The first-order valence-corrected chi connectivity index (χ1v) is 9.25. The van der Waals surface area contributed by atoms with Crippen LogP contribution in [-0.2, 0) is 16.0 Å². The van der Waals surface area contributed by atoms with Gasteiger partial charge in [0.1, 0.15) is 0 Å². The molecule has 7 heteroatoms. The third kappa shape index (κ3) is 3.51. The Morgan fingerprint density at radius 2 is 2.00 bits per heavy atom. The van der Waals surface area contributed by atoms with Crippen molar-refractivity contribution in [3.8, 4) is 0 Å². The highest BCUT2D eigenvalue weighted by molar-refractivity contribution is 7.17. The number of hydrogen-bond acceptors (Lipinski definition) is 4. The van der Waals surface area contributed by atoms with E-state index in [2.05, 4.69) is 22.8 Å². The smallest absolute Gasteiger partial charge is 0.324 e. The van der Waals surface area contributed by atoms with E-state index in [1.807, 2.05) is 26.0 Å². The Hall–Kier alpha value is -2.41. The van der Waals surface area contributed by atoms with Crippen molar-refractivity contribution in [2.75, 3.05) is 19.6 Å². The van der Waals surface area contributed by atoms with Crippen LogP contribution in [0.5, 0.6) is 0 Å². The van der Waals surface area contributed by atoms with E-state index in [0.29, 0.717) is 19.5 Å². The van der Waals surface area contributed by atoms with E-state index < -0.39 is 17.8 Å². The summed E-state index contributed by atoms with van der Waals surface area (Å²) in [5.74, 6) is -1.36. The van der Waals surface area contributed by atoms with E-state index in [-0.39, 0.29) is 12.6 Å². The Balaban J connectivity index is 1.63. The van der Waals surface area contributed by atoms with Crippen molar-refractivity contribution in [2.24, 2.45) is 0 Å². The summed E-state index contributed by atoms with van der Waals surface area (Å²) in [6.45, 7) is 4.81. The molecule has 1 aromatic heterocycles. The molecule has 132 valence electrons.